The number of carbonyl (C=O) groups excluding carboxylic acids is 1. The van der Waals surface area contributed by atoms with Gasteiger partial charge in [0.15, 0.2) is 11.5 Å². The number of nitro groups is 2. The smallest absolute Gasteiger partial charge is 0.277 e. The van der Waals surface area contributed by atoms with Crippen LogP contribution in [0.5, 0.6) is 0 Å². The Morgan fingerprint density at radius 2 is 1.58 bits per heavy atom. The van der Waals surface area contributed by atoms with E-state index in [0.29, 0.717) is 22.9 Å². The Labute approximate surface area is 173 Å². The van der Waals surface area contributed by atoms with Gasteiger partial charge < -0.3 is 5.32 Å². The summed E-state index contributed by atoms with van der Waals surface area (Å²) in [6.45, 7) is 1.79. The average Bonchev–Trinajstić information content (AvgIpc) is 3.14. The van der Waals surface area contributed by atoms with Crippen molar-refractivity contribution in [3.63, 3.8) is 0 Å². The van der Waals surface area contributed by atoms with E-state index in [4.69, 9.17) is 0 Å². The van der Waals surface area contributed by atoms with Gasteiger partial charge in [-0.1, -0.05) is 12.1 Å². The molecule has 0 saturated heterocycles. The lowest BCUT2D eigenvalue weighted by molar-refractivity contribution is -0.394. The van der Waals surface area contributed by atoms with Crippen LogP contribution in [0.4, 0.5) is 17.1 Å². The van der Waals surface area contributed by atoms with Crippen LogP contribution >= 0.6 is 0 Å². The lowest BCUT2D eigenvalue weighted by Gasteiger charge is -2.07. The molecule has 1 amide bonds. The molecule has 12 nitrogen and oxygen atoms in total. The summed E-state index contributed by atoms with van der Waals surface area (Å²) in [7, 11) is 0. The van der Waals surface area contributed by atoms with Gasteiger partial charge in [0.1, 0.15) is 0 Å². The van der Waals surface area contributed by atoms with Crippen LogP contribution in [0.2, 0.25) is 0 Å². The maximum absolute atomic E-state index is 12.5. The molecular weight excluding hydrogens is 406 g/mol. The summed E-state index contributed by atoms with van der Waals surface area (Å²) in [5, 5.41) is 37.0. The summed E-state index contributed by atoms with van der Waals surface area (Å²) in [6, 6.07) is 13.1. The lowest BCUT2D eigenvalue weighted by Crippen LogP contribution is -2.12. The number of amides is 1. The van der Waals surface area contributed by atoms with Crippen molar-refractivity contribution in [1.82, 2.24) is 19.8 Å². The highest BCUT2D eigenvalue weighted by Gasteiger charge is 2.20. The fourth-order valence-electron chi connectivity index (χ4n) is 2.91. The molecule has 0 aliphatic rings. The van der Waals surface area contributed by atoms with Gasteiger partial charge in [0, 0.05) is 23.4 Å². The number of hydrogen-bond acceptors (Lipinski definition) is 8. The molecule has 0 saturated carbocycles. The number of aromatic nitrogens is 4. The molecule has 4 rings (SSSR count). The number of hydrogen-bond donors (Lipinski definition) is 1. The molecule has 2 aromatic heterocycles. The van der Waals surface area contributed by atoms with Crippen molar-refractivity contribution < 1.29 is 14.6 Å². The Morgan fingerprint density at radius 3 is 2.19 bits per heavy atom. The normalized spacial score (nSPS) is 10.7. The fourth-order valence-corrected chi connectivity index (χ4v) is 2.91. The van der Waals surface area contributed by atoms with E-state index in [-0.39, 0.29) is 5.56 Å². The van der Waals surface area contributed by atoms with Gasteiger partial charge in [-0.2, -0.15) is 9.61 Å². The number of nitrogens with zero attached hydrogens (tertiary/aromatic N) is 6. The Hall–Kier alpha value is -4.74. The zero-order valence-electron chi connectivity index (χ0n) is 15.9. The molecule has 4 aromatic rings. The molecule has 31 heavy (non-hydrogen) atoms. The quantitative estimate of drug-likeness (QED) is 0.381. The molecule has 0 atom stereocenters. The minimum Gasteiger partial charge on any atom is -0.322 e. The minimum absolute atomic E-state index is 0.194. The molecule has 0 spiro atoms. The number of carbonyl (C=O) groups is 1. The maximum atomic E-state index is 12.5. The molecule has 2 aromatic carbocycles. The van der Waals surface area contributed by atoms with Crippen LogP contribution in [0.25, 0.3) is 16.9 Å². The van der Waals surface area contributed by atoms with Crippen molar-refractivity contribution in [1.29, 1.82) is 0 Å². The van der Waals surface area contributed by atoms with Gasteiger partial charge in [-0.15, -0.1) is 10.2 Å². The molecule has 0 unspecified atom stereocenters. The predicted molar refractivity (Wildman–Crippen MR) is 109 cm³/mol. The molecular formula is C19H13N7O5. The second-order valence-electron chi connectivity index (χ2n) is 6.52. The predicted octanol–water partition coefficient (Wildman–Crippen LogP) is 3.17. The fraction of sp³-hybridized carbons (Fsp3) is 0.0526. The Morgan fingerprint density at radius 1 is 0.935 bits per heavy atom. The first kappa shape index (κ1) is 19.6. The molecule has 0 aliphatic heterocycles. The highest BCUT2D eigenvalue weighted by molar-refractivity contribution is 6.05. The first-order chi connectivity index (χ1) is 14.8. The van der Waals surface area contributed by atoms with E-state index in [9.17, 15) is 25.0 Å². The standard InChI is InChI=1S/C19H13N7O5/c1-11-21-22-18-7-6-17(23-24(11)18)12-2-4-14(5-3-12)20-19(27)13-8-15(25(28)29)10-16(9-13)26(30)31/h2-10H,1H3,(H,20,27). The third-order valence-corrected chi connectivity index (χ3v) is 4.44. The number of rotatable bonds is 5. The highest BCUT2D eigenvalue weighted by Crippen LogP contribution is 2.24. The van der Waals surface area contributed by atoms with Gasteiger partial charge in [-0.3, -0.25) is 25.0 Å². The summed E-state index contributed by atoms with van der Waals surface area (Å²) in [5.41, 5.74) is 1.20. The average molecular weight is 419 g/mol. The van der Waals surface area contributed by atoms with Crippen molar-refractivity contribution in [2.45, 2.75) is 6.92 Å². The number of nitrogens with one attached hydrogen (secondary N) is 1. The highest BCUT2D eigenvalue weighted by atomic mass is 16.6. The second kappa shape index (κ2) is 7.59. The number of nitro benzene ring substituents is 2. The van der Waals surface area contributed by atoms with E-state index in [1.165, 1.54) is 0 Å². The van der Waals surface area contributed by atoms with Gasteiger partial charge in [0.25, 0.3) is 17.3 Å². The maximum Gasteiger partial charge on any atom is 0.277 e. The van der Waals surface area contributed by atoms with Gasteiger partial charge in [-0.25, -0.2) is 0 Å². The number of non-ortho nitro benzene ring substituents is 2. The first-order valence-electron chi connectivity index (χ1n) is 8.86. The van der Waals surface area contributed by atoms with E-state index in [0.717, 1.165) is 23.8 Å². The van der Waals surface area contributed by atoms with E-state index in [2.05, 4.69) is 20.6 Å². The number of aryl methyl sites for hydroxylation is 1. The van der Waals surface area contributed by atoms with E-state index >= 15 is 0 Å². The van der Waals surface area contributed by atoms with Gasteiger partial charge in [-0.05, 0) is 31.2 Å². The molecule has 0 radical (unpaired) electrons. The third kappa shape index (κ3) is 3.89. The van der Waals surface area contributed by atoms with E-state index in [1.807, 2.05) is 0 Å². The van der Waals surface area contributed by atoms with Gasteiger partial charge >= 0.3 is 0 Å². The molecule has 12 heteroatoms. The molecule has 1 N–H and O–H groups in total. The number of anilines is 1. The number of fused-ring (bicyclic) bond motifs is 1. The molecule has 0 bridgehead atoms. The summed E-state index contributed by atoms with van der Waals surface area (Å²) in [6.07, 6.45) is 0. The van der Waals surface area contributed by atoms with Crippen LogP contribution < -0.4 is 5.32 Å². The monoisotopic (exact) mass is 419 g/mol. The Kier molecular flexibility index (Phi) is 4.79. The van der Waals surface area contributed by atoms with Crippen LogP contribution in [0.3, 0.4) is 0 Å². The summed E-state index contributed by atoms with van der Waals surface area (Å²) >= 11 is 0. The van der Waals surface area contributed by atoms with Gasteiger partial charge in [0.2, 0.25) is 0 Å². The summed E-state index contributed by atoms with van der Waals surface area (Å²) in [4.78, 5) is 32.9. The van der Waals surface area contributed by atoms with Crippen LogP contribution in [-0.2, 0) is 0 Å². The summed E-state index contributed by atoms with van der Waals surface area (Å²) < 4.78 is 1.61. The molecule has 2 heterocycles. The van der Waals surface area contributed by atoms with Crippen molar-refractivity contribution in [2.75, 3.05) is 5.32 Å². The first-order valence-corrected chi connectivity index (χ1v) is 8.86. The SMILES string of the molecule is Cc1nnc2ccc(-c3ccc(NC(=O)c4cc([N+](=O)[O-])cc([N+](=O)[O-])c4)cc3)nn12. The van der Waals surface area contributed by atoms with Crippen molar-refractivity contribution in [3.05, 3.63) is 86.2 Å². The minimum atomic E-state index is -0.792. The molecule has 154 valence electrons. The van der Waals surface area contributed by atoms with E-state index < -0.39 is 27.1 Å². The van der Waals surface area contributed by atoms with Gasteiger partial charge in [0.05, 0.1) is 27.2 Å². The van der Waals surface area contributed by atoms with Crippen LogP contribution in [0.1, 0.15) is 16.2 Å². The largest absolute Gasteiger partial charge is 0.322 e. The van der Waals surface area contributed by atoms with E-state index in [1.54, 1.807) is 47.8 Å². The van der Waals surface area contributed by atoms with Crippen LogP contribution in [0, 0.1) is 27.2 Å². The van der Waals surface area contributed by atoms with Crippen LogP contribution in [-0.4, -0.2) is 35.6 Å². The van der Waals surface area contributed by atoms with Crippen molar-refractivity contribution in [3.8, 4) is 11.3 Å². The number of benzene rings is 2. The lowest BCUT2D eigenvalue weighted by atomic mass is 10.1. The molecule has 0 fully saturated rings. The zero-order valence-corrected chi connectivity index (χ0v) is 15.9. The second-order valence-corrected chi connectivity index (χ2v) is 6.52. The summed E-state index contributed by atoms with van der Waals surface area (Å²) in [5.74, 6) is -0.0639. The topological polar surface area (TPSA) is 158 Å². The zero-order chi connectivity index (χ0) is 22.1. The van der Waals surface area contributed by atoms with Crippen molar-refractivity contribution in [2.24, 2.45) is 0 Å². The third-order valence-electron chi connectivity index (χ3n) is 4.44. The Balaban J connectivity index is 1.57. The van der Waals surface area contributed by atoms with Crippen LogP contribution in [0.15, 0.2) is 54.6 Å². The Bertz CT molecular complexity index is 1320. The molecule has 0 aliphatic carbocycles. The van der Waals surface area contributed by atoms with Crippen molar-refractivity contribution >= 4 is 28.6 Å².